The second-order valence-electron chi connectivity index (χ2n) is 6.49. The van der Waals surface area contributed by atoms with E-state index in [4.69, 9.17) is 18.9 Å². The molecule has 11 heteroatoms. The lowest BCUT2D eigenvalue weighted by atomic mass is 10.1. The lowest BCUT2D eigenvalue weighted by Crippen LogP contribution is -2.17. The Hall–Kier alpha value is -3.60. The highest BCUT2D eigenvalue weighted by molar-refractivity contribution is 7.16. The lowest BCUT2D eigenvalue weighted by Gasteiger charge is -2.18. The molecule has 2 heterocycles. The fourth-order valence-electron chi connectivity index (χ4n) is 3.34. The second-order valence-corrected chi connectivity index (χ2v) is 7.50. The third kappa shape index (κ3) is 3.67. The standard InChI is InChI=1S/C20H19N3O7S/c1-4-22-13-9-16-17(30-6-5-29-16)10-18(13)31-20(22)21-19(24)11-7-14(27-2)15(28-3)8-12(11)23(25)26/h7-10H,4-6H2,1-3H3. The molecule has 0 bridgehead atoms. The normalized spacial score (nSPS) is 13.3. The summed E-state index contributed by atoms with van der Waals surface area (Å²) in [7, 11) is 2.75. The number of carbonyl (C=O) groups is 1. The van der Waals surface area contributed by atoms with Gasteiger partial charge in [0.05, 0.1) is 35.4 Å². The van der Waals surface area contributed by atoms with E-state index in [-0.39, 0.29) is 17.1 Å². The Morgan fingerprint density at radius 1 is 1.16 bits per heavy atom. The van der Waals surface area contributed by atoms with Crippen molar-refractivity contribution in [3.8, 4) is 23.0 Å². The molecule has 4 rings (SSSR count). The van der Waals surface area contributed by atoms with Crippen LogP contribution in [0.15, 0.2) is 29.3 Å². The summed E-state index contributed by atoms with van der Waals surface area (Å²) in [6.45, 7) is 3.40. The van der Waals surface area contributed by atoms with Gasteiger partial charge in [0.25, 0.3) is 11.6 Å². The van der Waals surface area contributed by atoms with Gasteiger partial charge in [0.15, 0.2) is 27.8 Å². The van der Waals surface area contributed by atoms with Crippen molar-refractivity contribution in [3.63, 3.8) is 0 Å². The zero-order valence-corrected chi connectivity index (χ0v) is 17.9. The van der Waals surface area contributed by atoms with Gasteiger partial charge < -0.3 is 23.5 Å². The maximum Gasteiger partial charge on any atom is 0.286 e. The Kier molecular flexibility index (Phi) is 5.51. The molecule has 31 heavy (non-hydrogen) atoms. The highest BCUT2D eigenvalue weighted by Gasteiger charge is 2.25. The number of aromatic nitrogens is 1. The van der Waals surface area contributed by atoms with Crippen LogP contribution in [0.3, 0.4) is 0 Å². The van der Waals surface area contributed by atoms with Gasteiger partial charge in [-0.3, -0.25) is 14.9 Å². The van der Waals surface area contributed by atoms with Crippen LogP contribution in [0.25, 0.3) is 10.2 Å². The first-order chi connectivity index (χ1) is 15.0. The van der Waals surface area contributed by atoms with Crippen LogP contribution in [0, 0.1) is 10.1 Å². The number of hydrogen-bond donors (Lipinski definition) is 0. The van der Waals surface area contributed by atoms with Gasteiger partial charge in [-0.15, -0.1) is 0 Å². The molecule has 10 nitrogen and oxygen atoms in total. The number of benzene rings is 2. The number of nitro benzene ring substituents is 1. The van der Waals surface area contributed by atoms with E-state index in [1.54, 1.807) is 0 Å². The van der Waals surface area contributed by atoms with Crippen molar-refractivity contribution in [1.29, 1.82) is 0 Å². The molecule has 0 unspecified atom stereocenters. The van der Waals surface area contributed by atoms with Crippen LogP contribution in [0.1, 0.15) is 17.3 Å². The summed E-state index contributed by atoms with van der Waals surface area (Å²) in [5.41, 5.74) is 0.242. The molecule has 2 aromatic carbocycles. The second kappa shape index (κ2) is 8.26. The maximum absolute atomic E-state index is 13.0. The lowest BCUT2D eigenvalue weighted by molar-refractivity contribution is -0.385. The summed E-state index contributed by atoms with van der Waals surface area (Å²) in [5, 5.41) is 11.5. The van der Waals surface area contributed by atoms with Gasteiger partial charge in [-0.1, -0.05) is 11.3 Å². The molecule has 0 fully saturated rings. The number of fused-ring (bicyclic) bond motifs is 2. The van der Waals surface area contributed by atoms with Crippen molar-refractivity contribution < 1.29 is 28.7 Å². The molecular weight excluding hydrogens is 426 g/mol. The van der Waals surface area contributed by atoms with E-state index < -0.39 is 16.5 Å². The first-order valence-corrected chi connectivity index (χ1v) is 10.2. The SMILES string of the molecule is CCn1c(=NC(=O)c2cc(OC)c(OC)cc2[N+](=O)[O-])sc2cc3c(cc21)OCCO3. The number of nitrogens with zero attached hydrogens (tertiary/aromatic N) is 3. The number of amides is 1. The minimum absolute atomic E-state index is 0.154. The number of rotatable bonds is 5. The molecule has 1 aliphatic rings. The molecule has 1 aromatic heterocycles. The van der Waals surface area contributed by atoms with Crippen LogP contribution in [-0.2, 0) is 6.54 Å². The summed E-state index contributed by atoms with van der Waals surface area (Å²) >= 11 is 1.29. The van der Waals surface area contributed by atoms with E-state index >= 15 is 0 Å². The fourth-order valence-corrected chi connectivity index (χ4v) is 4.44. The maximum atomic E-state index is 13.0. The van der Waals surface area contributed by atoms with Gasteiger partial charge in [-0.25, -0.2) is 0 Å². The summed E-state index contributed by atoms with van der Waals surface area (Å²) < 4.78 is 24.3. The van der Waals surface area contributed by atoms with Gasteiger partial charge in [0.2, 0.25) is 0 Å². The van der Waals surface area contributed by atoms with Crippen molar-refractivity contribution in [2.45, 2.75) is 13.5 Å². The van der Waals surface area contributed by atoms with E-state index in [1.165, 1.54) is 31.6 Å². The molecule has 162 valence electrons. The van der Waals surface area contributed by atoms with Crippen molar-refractivity contribution >= 4 is 33.1 Å². The Bertz CT molecular complexity index is 1260. The quantitative estimate of drug-likeness (QED) is 0.438. The molecule has 1 aliphatic heterocycles. The Balaban J connectivity index is 1.87. The first-order valence-electron chi connectivity index (χ1n) is 9.39. The molecule has 0 saturated carbocycles. The molecule has 0 radical (unpaired) electrons. The zero-order valence-electron chi connectivity index (χ0n) is 17.0. The Morgan fingerprint density at radius 2 is 1.81 bits per heavy atom. The highest BCUT2D eigenvalue weighted by Crippen LogP contribution is 2.36. The van der Waals surface area contributed by atoms with Gasteiger partial charge in [-0.2, -0.15) is 4.99 Å². The van der Waals surface area contributed by atoms with E-state index in [0.29, 0.717) is 36.1 Å². The summed E-state index contributed by atoms with van der Waals surface area (Å²) in [5.74, 6) is 0.873. The average molecular weight is 445 g/mol. The monoisotopic (exact) mass is 445 g/mol. The third-order valence-electron chi connectivity index (χ3n) is 4.79. The minimum Gasteiger partial charge on any atom is -0.493 e. The van der Waals surface area contributed by atoms with Crippen molar-refractivity contribution in [2.75, 3.05) is 27.4 Å². The summed E-state index contributed by atoms with van der Waals surface area (Å²) in [6.07, 6.45) is 0. The van der Waals surface area contributed by atoms with Crippen LogP contribution < -0.4 is 23.7 Å². The van der Waals surface area contributed by atoms with Crippen molar-refractivity contribution in [1.82, 2.24) is 4.57 Å². The van der Waals surface area contributed by atoms with Gasteiger partial charge in [0, 0.05) is 24.7 Å². The van der Waals surface area contributed by atoms with E-state index in [0.717, 1.165) is 16.3 Å². The molecule has 0 aliphatic carbocycles. The van der Waals surface area contributed by atoms with Gasteiger partial charge in [-0.05, 0) is 6.92 Å². The Labute approximate surface area is 180 Å². The highest BCUT2D eigenvalue weighted by atomic mass is 32.1. The van der Waals surface area contributed by atoms with Crippen LogP contribution >= 0.6 is 11.3 Å². The Morgan fingerprint density at radius 3 is 2.42 bits per heavy atom. The number of hydrogen-bond acceptors (Lipinski definition) is 8. The summed E-state index contributed by atoms with van der Waals surface area (Å²) in [4.78, 5) is 28.5. The van der Waals surface area contributed by atoms with Crippen LogP contribution in [-0.4, -0.2) is 42.8 Å². The van der Waals surface area contributed by atoms with E-state index in [2.05, 4.69) is 4.99 Å². The van der Waals surface area contributed by atoms with Gasteiger partial charge in [0.1, 0.15) is 18.8 Å². The molecule has 1 amide bonds. The van der Waals surface area contributed by atoms with E-state index in [1.807, 2.05) is 23.6 Å². The fraction of sp³-hybridized carbons (Fsp3) is 0.300. The molecule has 0 N–H and O–H groups in total. The number of methoxy groups -OCH3 is 2. The third-order valence-corrected chi connectivity index (χ3v) is 5.83. The van der Waals surface area contributed by atoms with Crippen LogP contribution in [0.5, 0.6) is 23.0 Å². The zero-order chi connectivity index (χ0) is 22.1. The van der Waals surface area contributed by atoms with Crippen LogP contribution in [0.4, 0.5) is 5.69 Å². The first kappa shape index (κ1) is 20.7. The smallest absolute Gasteiger partial charge is 0.286 e. The van der Waals surface area contributed by atoms with Crippen LogP contribution in [0.2, 0.25) is 0 Å². The van der Waals surface area contributed by atoms with Gasteiger partial charge >= 0.3 is 0 Å². The predicted octanol–water partition coefficient (Wildman–Crippen LogP) is 3.16. The summed E-state index contributed by atoms with van der Waals surface area (Å²) in [6, 6.07) is 6.13. The number of nitro groups is 1. The number of carbonyl (C=O) groups excluding carboxylic acids is 1. The topological polar surface area (TPSA) is 114 Å². The molecule has 0 saturated heterocycles. The minimum atomic E-state index is -0.751. The number of ether oxygens (including phenoxy) is 4. The average Bonchev–Trinajstić information content (AvgIpc) is 3.11. The largest absolute Gasteiger partial charge is 0.493 e. The molecular formula is C20H19N3O7S. The van der Waals surface area contributed by atoms with Crippen molar-refractivity contribution in [3.05, 3.63) is 44.7 Å². The molecule has 3 aromatic rings. The number of thiazole rings is 1. The number of aryl methyl sites for hydroxylation is 1. The molecule has 0 atom stereocenters. The van der Waals surface area contributed by atoms with Crippen molar-refractivity contribution in [2.24, 2.45) is 4.99 Å². The molecule has 0 spiro atoms. The van der Waals surface area contributed by atoms with E-state index in [9.17, 15) is 14.9 Å². The predicted molar refractivity (Wildman–Crippen MR) is 113 cm³/mol.